The van der Waals surface area contributed by atoms with E-state index in [0.717, 1.165) is 30.6 Å². The van der Waals surface area contributed by atoms with Crippen molar-refractivity contribution < 1.29 is 5.11 Å². The molecule has 1 unspecified atom stereocenters. The first kappa shape index (κ1) is 21.4. The van der Waals surface area contributed by atoms with Crippen molar-refractivity contribution in [2.75, 3.05) is 0 Å². The molecule has 4 aliphatic carbocycles. The van der Waals surface area contributed by atoms with E-state index in [0.29, 0.717) is 28.6 Å². The highest BCUT2D eigenvalue weighted by Gasteiger charge is 2.57. The minimum atomic E-state index is -0.0547. The molecule has 29 heavy (non-hydrogen) atoms. The molecule has 3 saturated carbocycles. The molecule has 0 radical (unpaired) electrons. The normalized spacial score (nSPS) is 45.5. The van der Waals surface area contributed by atoms with Crippen LogP contribution in [-0.2, 0) is 0 Å². The highest BCUT2D eigenvalue weighted by atomic mass is 16.3. The number of aliphatic hydroxyl groups is 1. The largest absolute Gasteiger partial charge is 0.393 e. The Hall–Kier alpha value is -0.820. The van der Waals surface area contributed by atoms with Gasteiger partial charge in [-0.1, -0.05) is 70.6 Å². The predicted octanol–water partition coefficient (Wildman–Crippen LogP) is 7.33. The fourth-order valence-electron chi connectivity index (χ4n) is 8.00. The van der Waals surface area contributed by atoms with Crippen LogP contribution in [0.2, 0.25) is 0 Å². The number of aliphatic hydroxyl groups excluding tert-OH is 1. The second kappa shape index (κ2) is 7.70. The minimum absolute atomic E-state index is 0.0547. The van der Waals surface area contributed by atoms with Crippen molar-refractivity contribution in [2.24, 2.45) is 46.3 Å². The number of rotatable bonds is 4. The third-order valence-corrected chi connectivity index (χ3v) is 10.1. The van der Waals surface area contributed by atoms with E-state index < -0.39 is 0 Å². The molecule has 162 valence electrons. The Balaban J connectivity index is 1.55. The molecule has 0 aromatic rings. The maximum Gasteiger partial charge on any atom is 0.0543 e. The van der Waals surface area contributed by atoms with Crippen LogP contribution in [0.15, 0.2) is 36.0 Å². The van der Waals surface area contributed by atoms with Crippen LogP contribution in [0, 0.1) is 46.3 Å². The lowest BCUT2D eigenvalue weighted by molar-refractivity contribution is -0.0414. The summed E-state index contributed by atoms with van der Waals surface area (Å²) in [5, 5.41) is 10.2. The third kappa shape index (κ3) is 3.50. The first-order chi connectivity index (χ1) is 13.7. The fraction of sp³-hybridized carbons (Fsp3) is 0.786. The Kier molecular flexibility index (Phi) is 5.69. The summed E-state index contributed by atoms with van der Waals surface area (Å²) in [6.45, 7) is 16.3. The summed E-state index contributed by atoms with van der Waals surface area (Å²) in [7, 11) is 0. The van der Waals surface area contributed by atoms with E-state index in [1.807, 2.05) is 5.57 Å². The average Bonchev–Trinajstić information content (AvgIpc) is 3.03. The van der Waals surface area contributed by atoms with Crippen LogP contribution in [0.1, 0.15) is 86.0 Å². The van der Waals surface area contributed by atoms with Gasteiger partial charge in [0, 0.05) is 0 Å². The van der Waals surface area contributed by atoms with Crippen LogP contribution in [0.4, 0.5) is 0 Å². The maximum atomic E-state index is 10.2. The zero-order chi connectivity index (χ0) is 21.0. The van der Waals surface area contributed by atoms with Gasteiger partial charge >= 0.3 is 0 Å². The highest BCUT2D eigenvalue weighted by molar-refractivity contribution is 5.28. The molecule has 3 fully saturated rings. The summed E-state index contributed by atoms with van der Waals surface area (Å²) < 4.78 is 0. The Morgan fingerprint density at radius 2 is 1.76 bits per heavy atom. The van der Waals surface area contributed by atoms with Crippen LogP contribution in [0.3, 0.4) is 0 Å². The second-order valence-electron chi connectivity index (χ2n) is 11.9. The average molecular weight is 397 g/mol. The Morgan fingerprint density at radius 1 is 1.07 bits per heavy atom. The van der Waals surface area contributed by atoms with Gasteiger partial charge in [0.1, 0.15) is 0 Å². The van der Waals surface area contributed by atoms with Crippen molar-refractivity contribution in [1.29, 1.82) is 0 Å². The van der Waals surface area contributed by atoms with Crippen LogP contribution in [0.25, 0.3) is 0 Å². The zero-order valence-corrected chi connectivity index (χ0v) is 19.6. The first-order valence-electron chi connectivity index (χ1n) is 12.4. The molecular formula is C28H44O. The highest BCUT2D eigenvalue weighted by Crippen LogP contribution is 2.66. The van der Waals surface area contributed by atoms with Crippen molar-refractivity contribution in [1.82, 2.24) is 0 Å². The van der Waals surface area contributed by atoms with Gasteiger partial charge in [0.15, 0.2) is 0 Å². The van der Waals surface area contributed by atoms with Gasteiger partial charge < -0.3 is 5.11 Å². The molecule has 0 amide bonds. The van der Waals surface area contributed by atoms with Crippen molar-refractivity contribution in [3.63, 3.8) is 0 Å². The van der Waals surface area contributed by atoms with Crippen molar-refractivity contribution >= 4 is 0 Å². The van der Waals surface area contributed by atoms with Crippen LogP contribution < -0.4 is 0 Å². The number of allylic oxidation sites excluding steroid dienone is 5. The third-order valence-electron chi connectivity index (χ3n) is 10.1. The summed E-state index contributed by atoms with van der Waals surface area (Å²) in [5.74, 6) is 4.23. The smallest absolute Gasteiger partial charge is 0.0543 e. The second-order valence-corrected chi connectivity index (χ2v) is 11.9. The Labute approximate surface area is 179 Å². The summed E-state index contributed by atoms with van der Waals surface area (Å²) in [6, 6.07) is 0. The van der Waals surface area contributed by atoms with Gasteiger partial charge in [-0.25, -0.2) is 0 Å². The lowest BCUT2D eigenvalue weighted by Crippen LogP contribution is -2.49. The van der Waals surface area contributed by atoms with Gasteiger partial charge in [-0.3, -0.25) is 0 Å². The monoisotopic (exact) mass is 396 g/mol. The van der Waals surface area contributed by atoms with Gasteiger partial charge in [0.2, 0.25) is 0 Å². The van der Waals surface area contributed by atoms with Crippen molar-refractivity contribution in [3.8, 4) is 0 Å². The van der Waals surface area contributed by atoms with E-state index in [1.54, 1.807) is 0 Å². The Morgan fingerprint density at radius 3 is 2.48 bits per heavy atom. The zero-order valence-electron chi connectivity index (χ0n) is 19.6. The summed E-state index contributed by atoms with van der Waals surface area (Å²) in [5.41, 5.74) is 3.99. The van der Waals surface area contributed by atoms with E-state index in [9.17, 15) is 5.11 Å². The molecule has 4 aliphatic rings. The fourth-order valence-corrected chi connectivity index (χ4v) is 8.00. The standard InChI is InChI=1S/C28H44O/c1-18(2)19(3)7-8-20(4)24-11-12-25-23-10-9-21-17-22(29)13-15-27(21,5)26(23)14-16-28(24,25)6/h7-8,10,18,20-22,24-26,29H,3,9,11-17H2,1-2,4-6H3/b8-7+/t20-,21?,22+,24-,25+,26+,27+,28-/m1/s1. The Bertz CT molecular complexity index is 699. The van der Waals surface area contributed by atoms with Crippen LogP contribution in [-0.4, -0.2) is 11.2 Å². The lowest BCUT2D eigenvalue weighted by Gasteiger charge is -2.57. The molecule has 0 heterocycles. The van der Waals surface area contributed by atoms with Gasteiger partial charge in [-0.05, 0) is 97.7 Å². The summed E-state index contributed by atoms with van der Waals surface area (Å²) in [4.78, 5) is 0. The molecule has 0 spiro atoms. The van der Waals surface area contributed by atoms with E-state index in [-0.39, 0.29) is 6.10 Å². The molecule has 8 atom stereocenters. The first-order valence-corrected chi connectivity index (χ1v) is 12.4. The predicted molar refractivity (Wildman–Crippen MR) is 123 cm³/mol. The van der Waals surface area contributed by atoms with Crippen LogP contribution >= 0.6 is 0 Å². The van der Waals surface area contributed by atoms with Gasteiger partial charge in [-0.2, -0.15) is 0 Å². The van der Waals surface area contributed by atoms with Crippen molar-refractivity contribution in [2.45, 2.75) is 92.1 Å². The number of fused-ring (bicyclic) bond motifs is 5. The summed E-state index contributed by atoms with van der Waals surface area (Å²) >= 11 is 0. The number of hydrogen-bond donors (Lipinski definition) is 1. The quantitative estimate of drug-likeness (QED) is 0.389. The van der Waals surface area contributed by atoms with Crippen LogP contribution in [0.5, 0.6) is 0 Å². The number of hydrogen-bond acceptors (Lipinski definition) is 1. The summed E-state index contributed by atoms with van der Waals surface area (Å²) in [6.07, 6.45) is 17.4. The molecule has 0 aromatic carbocycles. The lowest BCUT2D eigenvalue weighted by atomic mass is 9.47. The molecule has 1 nitrogen and oxygen atoms in total. The maximum absolute atomic E-state index is 10.2. The van der Waals surface area contributed by atoms with E-state index in [1.165, 1.54) is 44.1 Å². The molecule has 0 aromatic heterocycles. The van der Waals surface area contributed by atoms with Gasteiger partial charge in [0.25, 0.3) is 0 Å². The van der Waals surface area contributed by atoms with Gasteiger partial charge in [0.05, 0.1) is 6.10 Å². The molecule has 0 aliphatic heterocycles. The topological polar surface area (TPSA) is 20.2 Å². The van der Waals surface area contributed by atoms with Gasteiger partial charge in [-0.15, -0.1) is 0 Å². The molecule has 0 bridgehead atoms. The van der Waals surface area contributed by atoms with E-state index >= 15 is 0 Å². The molecule has 1 heteroatoms. The van der Waals surface area contributed by atoms with E-state index in [2.05, 4.69) is 59.4 Å². The van der Waals surface area contributed by atoms with Crippen molar-refractivity contribution in [3.05, 3.63) is 36.0 Å². The molecule has 0 saturated heterocycles. The SMILES string of the molecule is C=C(/C=C/[C@@H](C)[C@H]1CC[C@H]2C3=CCC4C[C@@H](O)CC[C@]4(C)[C@H]3CC[C@]12C)C(C)C. The van der Waals surface area contributed by atoms with E-state index in [4.69, 9.17) is 0 Å². The molecule has 4 rings (SSSR count). The minimum Gasteiger partial charge on any atom is -0.393 e. The molecule has 1 N–H and O–H groups in total. The molecular weight excluding hydrogens is 352 g/mol.